The maximum absolute atomic E-state index is 14.8. The number of benzene rings is 4. The first-order valence-corrected chi connectivity index (χ1v) is 52.9. The highest BCUT2D eigenvalue weighted by Crippen LogP contribution is 2.36. The van der Waals surface area contributed by atoms with Gasteiger partial charge in [-0.25, -0.2) is 19.6 Å². The maximum Gasteiger partial charge on any atom is 0.414 e. The number of nitrogens with two attached hydrogens (primary N) is 1. The zero-order chi connectivity index (χ0) is 107. The van der Waals surface area contributed by atoms with Crippen LogP contribution in [0.1, 0.15) is 241 Å². The number of ketones is 1. The van der Waals surface area contributed by atoms with Gasteiger partial charge in [-0.2, -0.15) is 0 Å². The van der Waals surface area contributed by atoms with Crippen molar-refractivity contribution in [3.63, 3.8) is 0 Å². The number of Topliss-reactive ketones (excluding diaryl/α,β-unsaturated/α-hetero) is 1. The molecule has 0 radical (unpaired) electrons. The summed E-state index contributed by atoms with van der Waals surface area (Å²) in [5.41, 5.74) is 10.9. The smallest absolute Gasteiger partial charge is 0.414 e. The van der Waals surface area contributed by atoms with Gasteiger partial charge in [-0.1, -0.05) is 195 Å². The highest BCUT2D eigenvalue weighted by atomic mass is 32.1. The molecule has 5 N–H and O–H groups in total. The Morgan fingerprint density at radius 2 is 0.839 bits per heavy atom. The molecule has 4 heterocycles. The van der Waals surface area contributed by atoms with Crippen molar-refractivity contribution in [2.75, 3.05) is 107 Å². The molecule has 2 aliphatic heterocycles. The molecule has 32 heteroatoms. The molecule has 18 atom stereocenters. The molecule has 6 aromatic rings. The van der Waals surface area contributed by atoms with Crippen molar-refractivity contribution in [1.82, 2.24) is 50.0 Å². The van der Waals surface area contributed by atoms with E-state index in [4.69, 9.17) is 34.2 Å². The van der Waals surface area contributed by atoms with Gasteiger partial charge < -0.3 is 69.5 Å². The summed E-state index contributed by atoms with van der Waals surface area (Å²) in [6.45, 7) is 41.1. The molecule has 4 aromatic carbocycles. The van der Waals surface area contributed by atoms with Crippen molar-refractivity contribution in [2.45, 2.75) is 312 Å². The molecule has 2 saturated heterocycles. The average molecular weight is 2030 g/mol. The fourth-order valence-electron chi connectivity index (χ4n) is 19.5. The first kappa shape index (κ1) is 122. The van der Waals surface area contributed by atoms with Gasteiger partial charge in [0.05, 0.1) is 97.4 Å². The second-order valence-electron chi connectivity index (χ2n) is 42.3. The zero-order valence-corrected chi connectivity index (χ0v) is 92.9. The number of likely N-dealkylation sites (N-methyl/N-ethyl adjacent to an activating group) is 4. The summed E-state index contributed by atoms with van der Waals surface area (Å²) in [6, 6.07) is 32.0. The van der Waals surface area contributed by atoms with E-state index in [2.05, 4.69) is 53.2 Å². The van der Waals surface area contributed by atoms with Gasteiger partial charge >= 0.3 is 18.2 Å². The fraction of sp³-hybridized carbons (Fsp3) is 0.640. The Balaban J connectivity index is 0.000000369. The van der Waals surface area contributed by atoms with Gasteiger partial charge in [0, 0.05) is 130 Å². The highest BCUT2D eigenvalue weighted by Gasteiger charge is 2.47. The van der Waals surface area contributed by atoms with Crippen molar-refractivity contribution in [3.8, 4) is 0 Å². The lowest BCUT2D eigenvalue weighted by atomic mass is 9.83. The van der Waals surface area contributed by atoms with E-state index in [1.54, 1.807) is 78.8 Å². The highest BCUT2D eigenvalue weighted by molar-refractivity contribution is 7.09. The van der Waals surface area contributed by atoms with Crippen LogP contribution in [0.5, 0.6) is 0 Å². The summed E-state index contributed by atoms with van der Waals surface area (Å²) in [5.74, 6) is -3.31. The van der Waals surface area contributed by atoms with Crippen LogP contribution in [0.15, 0.2) is 132 Å². The van der Waals surface area contributed by atoms with Crippen LogP contribution in [0.2, 0.25) is 0 Å². The monoisotopic (exact) mass is 2020 g/mol. The fourth-order valence-corrected chi connectivity index (χ4v) is 20.9. The molecule has 0 spiro atoms. The van der Waals surface area contributed by atoms with E-state index >= 15 is 0 Å². The molecule has 30 nitrogen and oxygen atoms in total. The largest absolute Gasteiger partial charge is 0.480 e. The van der Waals surface area contributed by atoms with Crippen molar-refractivity contribution < 1.29 is 81.5 Å². The van der Waals surface area contributed by atoms with Gasteiger partial charge in [0.15, 0.2) is 5.78 Å². The number of carboxylic acids is 1. The molecule has 2 aromatic heterocycles. The van der Waals surface area contributed by atoms with Crippen LogP contribution in [-0.4, -0.2) is 279 Å². The van der Waals surface area contributed by atoms with E-state index < -0.39 is 95.7 Å². The average Bonchev–Trinajstić information content (AvgIpc) is 1.76. The molecule has 8 amide bonds. The molecular formula is C111H173N13O17S2. The maximum atomic E-state index is 14.8. The Labute approximate surface area is 862 Å². The SMILES string of the molecule is CC(C)[C@@H](C(=O)O)N(C)CCc1ccc(N(C)C(=O)OC(C)(C)C)cc1.CC[C@H](C)[C@@H]([C@@H](CC(=O)N1CCC[C@H]1[C@H](OC)[C@@H](C)C(=O)N[C@@H](Cc1ccccc1)c1nccs1)OC)N(C)C(=O)[C@@H](CC(=O)[C@H](C(C)C)N(C)CCc1ccc(N(C)C(=O)OC(C)(C)C)cc1)C(C)C.CC[C@H](C)[C@@H]([C@@H](CC(=O)N1CCC[C@H]1[C@H](OC)[C@@H](C)C(=O)N[C@@H](Cc1ccccc1)c1nccs1)OC)N(C)C(=O)[C@@H](N)C(C)C. The molecule has 0 aliphatic carbocycles. The molecule has 2 fully saturated rings. The van der Waals surface area contributed by atoms with Crippen molar-refractivity contribution >= 4 is 93.4 Å². The predicted molar refractivity (Wildman–Crippen MR) is 569 cm³/mol. The molecular weight excluding hydrogens is 1850 g/mol. The minimum atomic E-state index is -0.795. The van der Waals surface area contributed by atoms with Gasteiger partial charge in [0.1, 0.15) is 27.3 Å². The van der Waals surface area contributed by atoms with Crippen LogP contribution in [0, 0.1) is 53.3 Å². The van der Waals surface area contributed by atoms with Crippen LogP contribution in [0.25, 0.3) is 0 Å². The first-order valence-electron chi connectivity index (χ1n) is 51.1. The third-order valence-corrected chi connectivity index (χ3v) is 29.8. The molecule has 796 valence electrons. The second kappa shape index (κ2) is 58.6. The summed E-state index contributed by atoms with van der Waals surface area (Å²) in [6.07, 6.45) is 7.88. The van der Waals surface area contributed by atoms with E-state index in [1.165, 1.54) is 32.5 Å². The first-order chi connectivity index (χ1) is 67.4. The predicted octanol–water partition coefficient (Wildman–Crippen LogP) is 17.4. The van der Waals surface area contributed by atoms with E-state index in [0.717, 1.165) is 82.2 Å². The third kappa shape index (κ3) is 36.5. The standard InChI is InChI=1S/C56H86N6O8S.C35H55N5O5S.C20H32N2O4/c1-16-38(6)50(47(68-14)35-48(64)62-30-20-23-45(62)51(69-15)39(7)52(65)58-44(53-57-29-32-71-53)33-41-21-18-17-19-22-41)61(13)54(66)43(36(2)3)34-46(63)49(37(4)5)59(11)31-28-40-24-26-42(27-25-40)60(12)55(67)70-56(8,9)10;1-9-23(4)31(39(6)35(43)30(36)22(2)3)28(44-7)21-29(41)40-18-13-16-27(40)32(45-8)24(5)33(42)38-26(34-37-17-19-46-34)20-25-14-11-10-12-15-25;1-14(2)17(18(23)24)21(6)13-12-15-8-10-16(11-9-15)22(7)19(25)26-20(3,4)5/h17-19,21-22,24-27,29,32,36-39,43-45,47,49-51H,16,20,23,28,30-31,33-35H2,1-15H3,(H,58,65);10-12,14-15,17,19,22-24,26-28,30-32H,9,13,16,18,20-21,36H2,1-8H3,(H,38,42);8-11,14,17H,12-13H2,1-7H3,(H,23,24)/t38-,39+,43-,44-,45-,47+,49-,50-,51+;23-,24+,26-,27-,28+,30-,31-,32+;17-/m000/s1. The lowest BCUT2D eigenvalue weighted by Gasteiger charge is -2.41. The number of carbonyl (C=O) groups is 10. The molecule has 0 saturated carbocycles. The number of hydrogen-bond donors (Lipinski definition) is 4. The summed E-state index contributed by atoms with van der Waals surface area (Å²) in [5, 5.41) is 21.3. The van der Waals surface area contributed by atoms with Crippen LogP contribution in [0.4, 0.5) is 21.0 Å². The summed E-state index contributed by atoms with van der Waals surface area (Å²) in [7, 11) is 17.1. The number of carboxylic acid groups (broad SMARTS) is 1. The number of thiazole rings is 2. The third-order valence-electron chi connectivity index (χ3n) is 28.0. The lowest BCUT2D eigenvalue weighted by Crippen LogP contribution is -2.56. The number of methoxy groups -OCH3 is 4. The van der Waals surface area contributed by atoms with Crippen molar-refractivity contribution in [2.24, 2.45) is 59.0 Å². The van der Waals surface area contributed by atoms with Crippen LogP contribution in [-0.2, 0) is 92.5 Å². The number of carbonyl (C=O) groups excluding carboxylic acids is 9. The minimum absolute atomic E-state index is 0.000633. The Kier molecular flexibility index (Phi) is 50.0. The molecule has 143 heavy (non-hydrogen) atoms. The van der Waals surface area contributed by atoms with Gasteiger partial charge in [0.2, 0.25) is 35.4 Å². The lowest BCUT2D eigenvalue weighted by molar-refractivity contribution is -0.149. The van der Waals surface area contributed by atoms with Gasteiger partial charge in [-0.05, 0) is 189 Å². The molecule has 2 aliphatic rings. The second-order valence-corrected chi connectivity index (χ2v) is 44.2. The quantitative estimate of drug-likeness (QED) is 0.0276. The Morgan fingerprint density at radius 3 is 1.15 bits per heavy atom. The van der Waals surface area contributed by atoms with Gasteiger partial charge in [0.25, 0.3) is 0 Å². The minimum Gasteiger partial charge on any atom is -0.480 e. The number of aromatic nitrogens is 2. The zero-order valence-electron chi connectivity index (χ0n) is 91.3. The normalized spacial score (nSPS) is 17.4. The van der Waals surface area contributed by atoms with E-state index in [9.17, 15) is 53.1 Å². The van der Waals surface area contributed by atoms with E-state index in [-0.39, 0.29) is 126 Å². The number of aliphatic carboxylic acids is 1. The Morgan fingerprint density at radius 1 is 0.476 bits per heavy atom. The Hall–Kier alpha value is -9.64. The van der Waals surface area contributed by atoms with Crippen LogP contribution < -0.4 is 26.2 Å². The van der Waals surface area contributed by atoms with Gasteiger partial charge in [-0.3, -0.25) is 58.0 Å². The summed E-state index contributed by atoms with van der Waals surface area (Å²) < 4.78 is 35.0. The summed E-state index contributed by atoms with van der Waals surface area (Å²) in [4.78, 5) is 158. The number of ether oxygens (including phenoxy) is 6. The van der Waals surface area contributed by atoms with Crippen LogP contribution >= 0.6 is 22.7 Å². The number of likely N-dealkylation sites (tertiary alicyclic amines) is 2. The Bertz CT molecular complexity index is 4850. The van der Waals surface area contributed by atoms with Crippen molar-refractivity contribution in [1.29, 1.82) is 0 Å². The van der Waals surface area contributed by atoms with Crippen molar-refractivity contribution in [3.05, 3.63) is 165 Å². The number of amides is 8. The number of hydrogen-bond acceptors (Lipinski definition) is 23. The molecule has 0 unspecified atom stereocenters. The topological polar surface area (TPSA) is 348 Å². The van der Waals surface area contributed by atoms with Gasteiger partial charge in [-0.15, -0.1) is 22.7 Å². The van der Waals surface area contributed by atoms with E-state index in [0.29, 0.717) is 51.9 Å². The number of nitrogens with zero attached hydrogens (tertiary/aromatic N) is 10. The molecule has 0 bridgehead atoms. The van der Waals surface area contributed by atoms with E-state index in [1.807, 2.05) is 260 Å². The molecule has 8 rings (SSSR count). The summed E-state index contributed by atoms with van der Waals surface area (Å²) >= 11 is 3.02. The number of rotatable bonds is 50. The van der Waals surface area contributed by atoms with Crippen LogP contribution in [0.3, 0.4) is 0 Å². The number of nitrogens with one attached hydrogen (secondary N) is 2. The number of anilines is 2.